The molecular weight excluding hydrogens is 316 g/mol. The molecule has 0 saturated heterocycles. The molecule has 8 heteroatoms. The van der Waals surface area contributed by atoms with Gasteiger partial charge in [0.2, 0.25) is 0 Å². The molecule has 0 fully saturated rings. The minimum absolute atomic E-state index is 0.376. The summed E-state index contributed by atoms with van der Waals surface area (Å²) in [7, 11) is 0. The van der Waals surface area contributed by atoms with Crippen molar-refractivity contribution in [1.29, 1.82) is 5.41 Å². The first-order chi connectivity index (χ1) is 11.6. The van der Waals surface area contributed by atoms with Crippen LogP contribution in [0.4, 0.5) is 8.78 Å². The van der Waals surface area contributed by atoms with Gasteiger partial charge < -0.3 is 9.72 Å². The van der Waals surface area contributed by atoms with E-state index >= 15 is 0 Å². The maximum Gasteiger partial charge on any atom is 0.279 e. The van der Waals surface area contributed by atoms with Gasteiger partial charge in [0.15, 0.2) is 0 Å². The van der Waals surface area contributed by atoms with E-state index in [1.165, 1.54) is 12.4 Å². The lowest BCUT2D eigenvalue weighted by Gasteiger charge is -2.13. The van der Waals surface area contributed by atoms with Gasteiger partial charge in [-0.3, -0.25) is 5.41 Å². The predicted molar refractivity (Wildman–Crippen MR) is 85.8 cm³/mol. The van der Waals surface area contributed by atoms with E-state index in [1.54, 1.807) is 6.20 Å². The molecule has 0 spiro atoms. The fourth-order valence-corrected chi connectivity index (χ4v) is 2.23. The molecule has 0 bridgehead atoms. The zero-order chi connectivity index (χ0) is 16.9. The summed E-state index contributed by atoms with van der Waals surface area (Å²) in [6.45, 7) is 1.24. The number of nitrogens with one attached hydrogen (secondary N) is 2. The molecule has 0 atom stereocenters. The van der Waals surface area contributed by atoms with Crippen LogP contribution in [0.1, 0.15) is 17.9 Å². The third kappa shape index (κ3) is 3.77. The van der Waals surface area contributed by atoms with Crippen LogP contribution in [0.15, 0.2) is 30.7 Å². The van der Waals surface area contributed by atoms with Gasteiger partial charge in [0.05, 0.1) is 42.2 Å². The first kappa shape index (κ1) is 16.1. The number of aromatic nitrogens is 4. The van der Waals surface area contributed by atoms with Crippen LogP contribution in [0.2, 0.25) is 0 Å². The summed E-state index contributed by atoms with van der Waals surface area (Å²) in [5.41, 5.74) is 2.48. The Morgan fingerprint density at radius 2 is 2.12 bits per heavy atom. The van der Waals surface area contributed by atoms with Gasteiger partial charge in [-0.2, -0.15) is 0 Å². The Kier molecular flexibility index (Phi) is 4.85. The van der Waals surface area contributed by atoms with Gasteiger partial charge in [0.25, 0.3) is 6.43 Å². The molecule has 2 aromatic rings. The lowest BCUT2D eigenvalue weighted by Crippen LogP contribution is -2.05. The molecule has 2 N–H and O–H groups in total. The number of allylic oxidation sites excluding steroid dienone is 1. The zero-order valence-electron chi connectivity index (χ0n) is 12.7. The van der Waals surface area contributed by atoms with E-state index in [4.69, 9.17) is 10.1 Å². The summed E-state index contributed by atoms with van der Waals surface area (Å²) < 4.78 is 29.9. The van der Waals surface area contributed by atoms with Gasteiger partial charge in [-0.05, 0) is 30.2 Å². The van der Waals surface area contributed by atoms with E-state index in [9.17, 15) is 8.78 Å². The maximum absolute atomic E-state index is 12.3. The van der Waals surface area contributed by atoms with Crippen molar-refractivity contribution in [3.05, 3.63) is 42.3 Å². The highest BCUT2D eigenvalue weighted by Crippen LogP contribution is 2.22. The summed E-state index contributed by atoms with van der Waals surface area (Å²) in [4.78, 5) is 15.6. The highest BCUT2D eigenvalue weighted by Gasteiger charge is 2.11. The van der Waals surface area contributed by atoms with Crippen LogP contribution in [0.25, 0.3) is 23.0 Å². The van der Waals surface area contributed by atoms with E-state index in [0.29, 0.717) is 30.4 Å². The van der Waals surface area contributed by atoms with Gasteiger partial charge in [-0.1, -0.05) is 6.08 Å². The SMILES string of the molecule is N=C(/C=C\c1ncc(-c2cc(C3=CCOCC3)ncn2)[nH]1)C(F)F. The van der Waals surface area contributed by atoms with Gasteiger partial charge >= 0.3 is 0 Å². The molecule has 3 rings (SSSR count). The molecule has 2 aromatic heterocycles. The Hall–Kier alpha value is -2.74. The molecule has 0 unspecified atom stereocenters. The normalized spacial score (nSPS) is 15.0. The third-order valence-corrected chi connectivity index (χ3v) is 3.49. The predicted octanol–water partition coefficient (Wildman–Crippen LogP) is 2.97. The monoisotopic (exact) mass is 331 g/mol. The minimum Gasteiger partial charge on any atom is -0.377 e. The second kappa shape index (κ2) is 7.22. The molecule has 0 amide bonds. The lowest BCUT2D eigenvalue weighted by molar-refractivity contribution is 0.161. The third-order valence-electron chi connectivity index (χ3n) is 3.49. The molecule has 0 aromatic carbocycles. The average molecular weight is 331 g/mol. The molecule has 1 aliphatic heterocycles. The van der Waals surface area contributed by atoms with Crippen molar-refractivity contribution in [2.75, 3.05) is 13.2 Å². The van der Waals surface area contributed by atoms with E-state index in [0.717, 1.165) is 23.8 Å². The summed E-state index contributed by atoms with van der Waals surface area (Å²) >= 11 is 0. The number of H-pyrrole nitrogens is 1. The highest BCUT2D eigenvalue weighted by molar-refractivity contribution is 5.97. The van der Waals surface area contributed by atoms with Gasteiger partial charge in [-0.15, -0.1) is 0 Å². The number of rotatable bonds is 5. The molecular formula is C16H15F2N5O. The Morgan fingerprint density at radius 3 is 2.88 bits per heavy atom. The Bertz CT molecular complexity index is 797. The number of imidazole rings is 1. The molecule has 3 heterocycles. The van der Waals surface area contributed by atoms with Crippen LogP contribution in [-0.4, -0.2) is 45.3 Å². The van der Waals surface area contributed by atoms with Crippen LogP contribution in [0, 0.1) is 5.41 Å². The molecule has 124 valence electrons. The first-order valence-electron chi connectivity index (χ1n) is 7.33. The Morgan fingerprint density at radius 1 is 1.29 bits per heavy atom. The summed E-state index contributed by atoms with van der Waals surface area (Å²) in [5, 5.41) is 7.09. The average Bonchev–Trinajstić information content (AvgIpc) is 3.09. The highest BCUT2D eigenvalue weighted by atomic mass is 19.3. The van der Waals surface area contributed by atoms with Crippen molar-refractivity contribution in [2.45, 2.75) is 12.8 Å². The summed E-state index contributed by atoms with van der Waals surface area (Å²) in [6, 6.07) is 1.85. The minimum atomic E-state index is -2.80. The van der Waals surface area contributed by atoms with Crippen molar-refractivity contribution in [1.82, 2.24) is 19.9 Å². The van der Waals surface area contributed by atoms with Crippen LogP contribution >= 0.6 is 0 Å². The van der Waals surface area contributed by atoms with Crippen molar-refractivity contribution in [3.8, 4) is 11.4 Å². The van der Waals surface area contributed by atoms with Crippen LogP contribution in [0.3, 0.4) is 0 Å². The molecule has 0 aliphatic carbocycles. The molecule has 0 radical (unpaired) electrons. The topological polar surface area (TPSA) is 87.5 Å². The van der Waals surface area contributed by atoms with Gasteiger partial charge in [0.1, 0.15) is 12.2 Å². The first-order valence-corrected chi connectivity index (χ1v) is 7.33. The quantitative estimate of drug-likeness (QED) is 0.825. The second-order valence-corrected chi connectivity index (χ2v) is 5.11. The standard InChI is InChI=1S/C16H15F2N5O/c17-16(18)11(19)1-2-15-20-8-14(23-15)13-7-12(21-9-22-13)10-3-5-24-6-4-10/h1-3,7-9,16,19H,4-6H2,(H,20,23)/b2-1-,19-11?. The number of alkyl halides is 2. The van der Waals surface area contributed by atoms with Gasteiger partial charge in [-0.25, -0.2) is 23.7 Å². The van der Waals surface area contributed by atoms with E-state index in [1.807, 2.05) is 12.1 Å². The number of nitrogens with zero attached hydrogens (tertiary/aromatic N) is 3. The van der Waals surface area contributed by atoms with Crippen molar-refractivity contribution in [3.63, 3.8) is 0 Å². The molecule has 0 saturated carbocycles. The van der Waals surface area contributed by atoms with Crippen molar-refractivity contribution < 1.29 is 13.5 Å². The Balaban J connectivity index is 1.80. The maximum atomic E-state index is 12.3. The van der Waals surface area contributed by atoms with Crippen molar-refractivity contribution in [2.24, 2.45) is 0 Å². The van der Waals surface area contributed by atoms with Gasteiger partial charge in [0, 0.05) is 0 Å². The number of ether oxygens (including phenoxy) is 1. The van der Waals surface area contributed by atoms with Crippen LogP contribution in [-0.2, 0) is 4.74 Å². The van der Waals surface area contributed by atoms with Crippen LogP contribution < -0.4 is 0 Å². The largest absolute Gasteiger partial charge is 0.377 e. The Labute approximate surface area is 136 Å². The molecule has 6 nitrogen and oxygen atoms in total. The smallest absolute Gasteiger partial charge is 0.279 e. The number of hydrogen-bond acceptors (Lipinski definition) is 5. The number of aromatic amines is 1. The fraction of sp³-hybridized carbons (Fsp3) is 0.250. The summed E-state index contributed by atoms with van der Waals surface area (Å²) in [5.74, 6) is 0.376. The van der Waals surface area contributed by atoms with E-state index in [-0.39, 0.29) is 0 Å². The molecule has 24 heavy (non-hydrogen) atoms. The molecule has 1 aliphatic rings. The second-order valence-electron chi connectivity index (χ2n) is 5.11. The lowest BCUT2D eigenvalue weighted by atomic mass is 10.1. The van der Waals surface area contributed by atoms with E-state index < -0.39 is 12.1 Å². The summed E-state index contributed by atoms with van der Waals surface area (Å²) in [6.07, 6.45) is 5.38. The zero-order valence-corrected chi connectivity index (χ0v) is 12.7. The van der Waals surface area contributed by atoms with Crippen LogP contribution in [0.5, 0.6) is 0 Å². The number of halogens is 2. The van der Waals surface area contributed by atoms with E-state index in [2.05, 4.69) is 19.9 Å². The number of hydrogen-bond donors (Lipinski definition) is 2. The fourth-order valence-electron chi connectivity index (χ4n) is 2.23. The van der Waals surface area contributed by atoms with Crippen molar-refractivity contribution >= 4 is 17.4 Å².